The molecule has 0 spiro atoms. The minimum absolute atomic E-state index is 0.0769. The number of ketones is 1. The van der Waals surface area contributed by atoms with Crippen LogP contribution < -0.4 is 4.74 Å². The van der Waals surface area contributed by atoms with Gasteiger partial charge in [0, 0.05) is 24.5 Å². The molecule has 0 aliphatic carbocycles. The first kappa shape index (κ1) is 20.3. The second-order valence-electron chi connectivity index (χ2n) is 7.42. The average Bonchev–Trinajstić information content (AvgIpc) is 3.05. The van der Waals surface area contributed by atoms with E-state index in [1.54, 1.807) is 55.9 Å². The number of nitrogens with zero attached hydrogens (tertiary/aromatic N) is 2. The molecule has 1 fully saturated rings. The third kappa shape index (κ3) is 3.92. The van der Waals surface area contributed by atoms with Gasteiger partial charge in [0.15, 0.2) is 0 Å². The zero-order chi connectivity index (χ0) is 22.0. The highest BCUT2D eigenvalue weighted by atomic mass is 16.5. The van der Waals surface area contributed by atoms with Gasteiger partial charge in [0.2, 0.25) is 0 Å². The number of aliphatic hydroxyl groups excluding tert-OH is 1. The SMILES string of the molecule is COc1ccc(C(O)=C2C(=O)C(=O)N(Cc3ccncc3)[C@@H]2c2ccc(C)cc2)cc1. The number of carbonyl (C=O) groups excluding carboxylic acids is 2. The summed E-state index contributed by atoms with van der Waals surface area (Å²) < 4.78 is 5.17. The maximum absolute atomic E-state index is 13.0. The maximum atomic E-state index is 13.0. The van der Waals surface area contributed by atoms with E-state index in [4.69, 9.17) is 4.74 Å². The highest BCUT2D eigenvalue weighted by Crippen LogP contribution is 2.40. The Labute approximate surface area is 180 Å². The Morgan fingerprint density at radius 1 is 1.00 bits per heavy atom. The zero-order valence-corrected chi connectivity index (χ0v) is 17.3. The Bertz CT molecular complexity index is 1140. The van der Waals surface area contributed by atoms with Gasteiger partial charge in [-0.15, -0.1) is 0 Å². The molecule has 0 radical (unpaired) electrons. The summed E-state index contributed by atoms with van der Waals surface area (Å²) in [6.07, 6.45) is 3.29. The molecule has 4 rings (SSSR count). The monoisotopic (exact) mass is 414 g/mol. The predicted octanol–water partition coefficient (Wildman–Crippen LogP) is 4.02. The van der Waals surface area contributed by atoms with Gasteiger partial charge < -0.3 is 14.7 Å². The van der Waals surface area contributed by atoms with E-state index < -0.39 is 17.7 Å². The number of pyridine rings is 1. The highest BCUT2D eigenvalue weighted by molar-refractivity contribution is 6.46. The fourth-order valence-corrected chi connectivity index (χ4v) is 3.73. The second kappa shape index (κ2) is 8.44. The molecule has 1 saturated heterocycles. The molecule has 1 aliphatic heterocycles. The lowest BCUT2D eigenvalue weighted by atomic mass is 9.94. The standard InChI is InChI=1S/C25H22N2O4/c1-16-3-5-18(6-4-16)22-21(23(28)19-7-9-20(31-2)10-8-19)24(29)25(30)27(22)15-17-11-13-26-14-12-17/h3-14,22,28H,15H2,1-2H3/t22-/m1/s1. The van der Waals surface area contributed by atoms with Gasteiger partial charge >= 0.3 is 0 Å². The largest absolute Gasteiger partial charge is 0.507 e. The molecule has 1 aromatic heterocycles. The fraction of sp³-hybridized carbons (Fsp3) is 0.160. The Kier molecular flexibility index (Phi) is 5.54. The Morgan fingerprint density at radius 2 is 1.65 bits per heavy atom. The van der Waals surface area contributed by atoms with Crippen LogP contribution in [-0.2, 0) is 16.1 Å². The predicted molar refractivity (Wildman–Crippen MR) is 116 cm³/mol. The number of likely N-dealkylation sites (tertiary alicyclic amines) is 1. The van der Waals surface area contributed by atoms with E-state index in [0.717, 1.165) is 16.7 Å². The maximum Gasteiger partial charge on any atom is 0.295 e. The molecule has 6 nitrogen and oxygen atoms in total. The topological polar surface area (TPSA) is 79.7 Å². The van der Waals surface area contributed by atoms with E-state index >= 15 is 0 Å². The van der Waals surface area contributed by atoms with Crippen LogP contribution in [0.4, 0.5) is 0 Å². The summed E-state index contributed by atoms with van der Waals surface area (Å²) in [7, 11) is 1.55. The first-order chi connectivity index (χ1) is 15.0. The molecule has 0 unspecified atom stereocenters. The highest BCUT2D eigenvalue weighted by Gasteiger charge is 2.46. The van der Waals surface area contributed by atoms with E-state index in [1.807, 2.05) is 31.2 Å². The quantitative estimate of drug-likeness (QED) is 0.388. The van der Waals surface area contributed by atoms with Crippen molar-refractivity contribution in [1.29, 1.82) is 0 Å². The van der Waals surface area contributed by atoms with Crippen LogP contribution in [-0.4, -0.2) is 33.8 Å². The van der Waals surface area contributed by atoms with E-state index in [9.17, 15) is 14.7 Å². The molecule has 31 heavy (non-hydrogen) atoms. The van der Waals surface area contributed by atoms with Crippen molar-refractivity contribution in [2.45, 2.75) is 19.5 Å². The molecular weight excluding hydrogens is 392 g/mol. The smallest absolute Gasteiger partial charge is 0.295 e. The van der Waals surface area contributed by atoms with Crippen molar-refractivity contribution >= 4 is 17.4 Å². The van der Waals surface area contributed by atoms with Crippen molar-refractivity contribution < 1.29 is 19.4 Å². The third-order valence-corrected chi connectivity index (χ3v) is 5.40. The van der Waals surface area contributed by atoms with Crippen LogP contribution in [0.15, 0.2) is 78.6 Å². The summed E-state index contributed by atoms with van der Waals surface area (Å²) in [5.41, 5.74) is 3.19. The lowest BCUT2D eigenvalue weighted by molar-refractivity contribution is -0.140. The van der Waals surface area contributed by atoms with Crippen LogP contribution in [0.2, 0.25) is 0 Å². The number of aromatic nitrogens is 1. The summed E-state index contributed by atoms with van der Waals surface area (Å²) in [6, 6.07) is 17.2. The van der Waals surface area contributed by atoms with Gasteiger partial charge in [0.05, 0.1) is 18.7 Å². The fourth-order valence-electron chi connectivity index (χ4n) is 3.73. The number of benzene rings is 2. The molecule has 156 valence electrons. The molecule has 2 aromatic carbocycles. The number of hydrogen-bond donors (Lipinski definition) is 1. The number of aliphatic hydroxyl groups is 1. The van der Waals surface area contributed by atoms with Crippen molar-refractivity contribution in [3.8, 4) is 5.75 Å². The van der Waals surface area contributed by atoms with Crippen molar-refractivity contribution in [1.82, 2.24) is 9.88 Å². The molecule has 1 aliphatic rings. The third-order valence-electron chi connectivity index (χ3n) is 5.40. The number of ether oxygens (including phenoxy) is 1. The molecule has 0 saturated carbocycles. The van der Waals surface area contributed by atoms with E-state index in [1.165, 1.54) is 4.90 Å². The molecular formula is C25H22N2O4. The Balaban J connectivity index is 1.84. The number of rotatable bonds is 5. The van der Waals surface area contributed by atoms with Crippen molar-refractivity contribution in [3.05, 3.63) is 101 Å². The van der Waals surface area contributed by atoms with Gasteiger partial charge in [-0.2, -0.15) is 0 Å². The van der Waals surface area contributed by atoms with Crippen LogP contribution in [0.25, 0.3) is 5.76 Å². The summed E-state index contributed by atoms with van der Waals surface area (Å²) >= 11 is 0. The van der Waals surface area contributed by atoms with Crippen LogP contribution in [0, 0.1) is 6.92 Å². The van der Waals surface area contributed by atoms with Crippen LogP contribution >= 0.6 is 0 Å². The first-order valence-corrected chi connectivity index (χ1v) is 9.88. The molecule has 1 atom stereocenters. The minimum atomic E-state index is -0.701. The van der Waals surface area contributed by atoms with Gasteiger partial charge in [-0.25, -0.2) is 0 Å². The number of aryl methyl sites for hydroxylation is 1. The lowest BCUT2D eigenvalue weighted by Gasteiger charge is -2.25. The second-order valence-corrected chi connectivity index (χ2v) is 7.42. The molecule has 0 bridgehead atoms. The number of hydrogen-bond acceptors (Lipinski definition) is 5. The summed E-state index contributed by atoms with van der Waals surface area (Å²) in [6.45, 7) is 2.19. The lowest BCUT2D eigenvalue weighted by Crippen LogP contribution is -2.29. The van der Waals surface area contributed by atoms with Crippen LogP contribution in [0.3, 0.4) is 0 Å². The van der Waals surface area contributed by atoms with E-state index in [2.05, 4.69) is 4.98 Å². The van der Waals surface area contributed by atoms with E-state index in [-0.39, 0.29) is 17.9 Å². The molecule has 6 heteroatoms. The number of carbonyl (C=O) groups is 2. The van der Waals surface area contributed by atoms with Crippen LogP contribution in [0.5, 0.6) is 5.75 Å². The Hall–Kier alpha value is -3.93. The van der Waals surface area contributed by atoms with Gasteiger partial charge in [-0.3, -0.25) is 14.6 Å². The number of amides is 1. The average molecular weight is 414 g/mol. The molecule has 1 amide bonds. The van der Waals surface area contributed by atoms with Gasteiger partial charge in [0.1, 0.15) is 11.5 Å². The van der Waals surface area contributed by atoms with Crippen LogP contribution in [0.1, 0.15) is 28.3 Å². The van der Waals surface area contributed by atoms with Gasteiger partial charge in [-0.1, -0.05) is 29.8 Å². The normalized spacial score (nSPS) is 17.7. The number of Topliss-reactive ketones (excluding diaryl/α,β-unsaturated/α-hetero) is 1. The van der Waals surface area contributed by atoms with E-state index in [0.29, 0.717) is 11.3 Å². The summed E-state index contributed by atoms with van der Waals surface area (Å²) in [5.74, 6) is -0.918. The first-order valence-electron chi connectivity index (χ1n) is 9.88. The van der Waals surface area contributed by atoms with Gasteiger partial charge in [-0.05, 0) is 54.4 Å². The van der Waals surface area contributed by atoms with Crippen molar-refractivity contribution in [2.24, 2.45) is 0 Å². The minimum Gasteiger partial charge on any atom is -0.507 e. The van der Waals surface area contributed by atoms with Gasteiger partial charge in [0.25, 0.3) is 11.7 Å². The Morgan fingerprint density at radius 3 is 2.26 bits per heavy atom. The summed E-state index contributed by atoms with van der Waals surface area (Å²) in [4.78, 5) is 31.6. The summed E-state index contributed by atoms with van der Waals surface area (Å²) in [5, 5.41) is 11.1. The van der Waals surface area contributed by atoms with Crippen molar-refractivity contribution in [3.63, 3.8) is 0 Å². The molecule has 1 N–H and O–H groups in total. The van der Waals surface area contributed by atoms with Crippen molar-refractivity contribution in [2.75, 3.05) is 7.11 Å². The molecule has 2 heterocycles. The molecule has 3 aromatic rings. The number of methoxy groups -OCH3 is 1. The zero-order valence-electron chi connectivity index (χ0n) is 17.3.